The average molecular weight is 349 g/mol. The van der Waals surface area contributed by atoms with E-state index in [0.29, 0.717) is 12.0 Å². The number of nitrogens with zero attached hydrogens (tertiary/aromatic N) is 1. The number of sulfone groups is 1. The van der Waals surface area contributed by atoms with E-state index in [1.54, 1.807) is 19.1 Å². The molecule has 2 aromatic carbocycles. The van der Waals surface area contributed by atoms with Crippen molar-refractivity contribution in [2.45, 2.75) is 18.2 Å². The van der Waals surface area contributed by atoms with Gasteiger partial charge in [0.05, 0.1) is 4.92 Å². The summed E-state index contributed by atoms with van der Waals surface area (Å²) in [7, 11) is -3.78. The van der Waals surface area contributed by atoms with E-state index in [-0.39, 0.29) is 17.3 Å². The van der Waals surface area contributed by atoms with Gasteiger partial charge in [-0.3, -0.25) is 14.9 Å². The fourth-order valence-electron chi connectivity index (χ4n) is 2.10. The molecule has 0 saturated carbocycles. The molecule has 7 nitrogen and oxygen atoms in total. The van der Waals surface area contributed by atoms with Crippen LogP contribution >= 0.6 is 0 Å². The van der Waals surface area contributed by atoms with E-state index >= 15 is 0 Å². The molecule has 0 aliphatic carbocycles. The van der Waals surface area contributed by atoms with Crippen LogP contribution < -0.4 is 4.74 Å². The van der Waals surface area contributed by atoms with Crippen LogP contribution in [-0.2, 0) is 9.84 Å². The van der Waals surface area contributed by atoms with Gasteiger partial charge in [-0.05, 0) is 36.4 Å². The summed E-state index contributed by atoms with van der Waals surface area (Å²) in [6.45, 7) is 1.74. The monoisotopic (exact) mass is 349 g/mol. The van der Waals surface area contributed by atoms with Gasteiger partial charge in [-0.15, -0.1) is 0 Å². The zero-order valence-electron chi connectivity index (χ0n) is 13.1. The summed E-state index contributed by atoms with van der Waals surface area (Å²) in [6, 6.07) is 9.94. The standard InChI is InChI=1S/C16H15NO6S/c1-3-13(18)11-7-9-12(10-8-11)23-14-5-4-6-15(24(2,21)22)16(14)17(19)20/h4-10H,3H2,1-2H3. The van der Waals surface area contributed by atoms with Crippen molar-refractivity contribution in [3.63, 3.8) is 0 Å². The second kappa shape index (κ2) is 6.79. The van der Waals surface area contributed by atoms with Crippen LogP contribution in [0, 0.1) is 10.1 Å². The summed E-state index contributed by atoms with van der Waals surface area (Å²) in [5.74, 6) is 0.0421. The Morgan fingerprint density at radius 1 is 1.17 bits per heavy atom. The number of hydrogen-bond donors (Lipinski definition) is 0. The first-order valence-corrected chi connectivity index (χ1v) is 8.91. The number of hydrogen-bond acceptors (Lipinski definition) is 6. The Bertz CT molecular complexity index is 887. The van der Waals surface area contributed by atoms with E-state index in [1.165, 1.54) is 24.3 Å². The molecule has 24 heavy (non-hydrogen) atoms. The molecule has 0 amide bonds. The molecule has 126 valence electrons. The van der Waals surface area contributed by atoms with Crippen molar-refractivity contribution in [1.82, 2.24) is 0 Å². The molecule has 0 bridgehead atoms. The molecular weight excluding hydrogens is 334 g/mol. The predicted octanol–water partition coefficient (Wildman–Crippen LogP) is 3.38. The van der Waals surface area contributed by atoms with Gasteiger partial charge in [-0.1, -0.05) is 13.0 Å². The highest BCUT2D eigenvalue weighted by Crippen LogP contribution is 2.36. The molecular formula is C16H15NO6S. The average Bonchev–Trinajstić information content (AvgIpc) is 2.53. The van der Waals surface area contributed by atoms with Gasteiger partial charge >= 0.3 is 5.69 Å². The van der Waals surface area contributed by atoms with E-state index in [9.17, 15) is 23.3 Å². The zero-order chi connectivity index (χ0) is 17.9. The highest BCUT2D eigenvalue weighted by Gasteiger charge is 2.27. The van der Waals surface area contributed by atoms with E-state index in [0.717, 1.165) is 12.3 Å². The van der Waals surface area contributed by atoms with Crippen LogP contribution in [0.4, 0.5) is 5.69 Å². The first-order chi connectivity index (χ1) is 11.2. The number of nitro groups is 1. The highest BCUT2D eigenvalue weighted by atomic mass is 32.2. The van der Waals surface area contributed by atoms with Gasteiger partial charge in [0.25, 0.3) is 0 Å². The summed E-state index contributed by atoms with van der Waals surface area (Å²) in [4.78, 5) is 21.7. The minimum atomic E-state index is -3.78. The van der Waals surface area contributed by atoms with Gasteiger partial charge in [0.15, 0.2) is 15.6 Å². The van der Waals surface area contributed by atoms with Crippen LogP contribution in [0.25, 0.3) is 0 Å². The molecule has 0 atom stereocenters. The Kier molecular flexibility index (Phi) is 4.99. The fraction of sp³-hybridized carbons (Fsp3) is 0.188. The SMILES string of the molecule is CCC(=O)c1ccc(Oc2cccc(S(C)(=O)=O)c2[N+](=O)[O-])cc1. The molecule has 0 spiro atoms. The Labute approximate surface area is 139 Å². The zero-order valence-corrected chi connectivity index (χ0v) is 13.9. The predicted molar refractivity (Wildman–Crippen MR) is 87.3 cm³/mol. The molecule has 0 unspecified atom stereocenters. The van der Waals surface area contributed by atoms with Crippen molar-refractivity contribution in [1.29, 1.82) is 0 Å². The van der Waals surface area contributed by atoms with Crippen LogP contribution in [0.1, 0.15) is 23.7 Å². The Morgan fingerprint density at radius 3 is 2.29 bits per heavy atom. The maximum atomic E-state index is 11.7. The number of carbonyl (C=O) groups is 1. The van der Waals surface area contributed by atoms with E-state index in [4.69, 9.17) is 4.74 Å². The maximum Gasteiger partial charge on any atom is 0.330 e. The molecule has 2 aromatic rings. The molecule has 0 N–H and O–H groups in total. The number of Topliss-reactive ketones (excluding diaryl/α,β-unsaturated/α-hetero) is 1. The molecule has 0 radical (unpaired) electrons. The number of benzene rings is 2. The van der Waals surface area contributed by atoms with Gasteiger partial charge in [0.2, 0.25) is 5.75 Å². The van der Waals surface area contributed by atoms with Gasteiger partial charge in [-0.25, -0.2) is 8.42 Å². The van der Waals surface area contributed by atoms with Gasteiger partial charge < -0.3 is 4.74 Å². The lowest BCUT2D eigenvalue weighted by Crippen LogP contribution is -2.04. The second-order valence-electron chi connectivity index (χ2n) is 5.04. The number of carbonyl (C=O) groups excluding carboxylic acids is 1. The lowest BCUT2D eigenvalue weighted by molar-refractivity contribution is -0.388. The summed E-state index contributed by atoms with van der Waals surface area (Å²) < 4.78 is 28.9. The molecule has 8 heteroatoms. The Hall–Kier alpha value is -2.74. The maximum absolute atomic E-state index is 11.7. The lowest BCUT2D eigenvalue weighted by Gasteiger charge is -2.09. The largest absolute Gasteiger partial charge is 0.450 e. The molecule has 2 rings (SSSR count). The molecule has 0 aromatic heterocycles. The third kappa shape index (κ3) is 3.77. The molecule has 0 fully saturated rings. The molecule has 0 aliphatic heterocycles. The topological polar surface area (TPSA) is 104 Å². The van der Waals surface area contributed by atoms with Gasteiger partial charge in [0, 0.05) is 18.2 Å². The lowest BCUT2D eigenvalue weighted by atomic mass is 10.1. The Morgan fingerprint density at radius 2 is 1.79 bits per heavy atom. The summed E-state index contributed by atoms with van der Waals surface area (Å²) >= 11 is 0. The van der Waals surface area contributed by atoms with E-state index < -0.39 is 25.3 Å². The first kappa shape index (κ1) is 17.6. The van der Waals surface area contributed by atoms with Gasteiger partial charge in [0.1, 0.15) is 10.6 Å². The summed E-state index contributed by atoms with van der Waals surface area (Å²) in [5.41, 5.74) is -0.113. The molecule has 0 aliphatic rings. The fourth-order valence-corrected chi connectivity index (χ4v) is 2.96. The van der Waals surface area contributed by atoms with Crippen LogP contribution in [0.3, 0.4) is 0 Å². The third-order valence-electron chi connectivity index (χ3n) is 3.27. The first-order valence-electron chi connectivity index (χ1n) is 7.02. The van der Waals surface area contributed by atoms with Crippen molar-refractivity contribution in [3.8, 4) is 11.5 Å². The van der Waals surface area contributed by atoms with E-state index in [2.05, 4.69) is 0 Å². The van der Waals surface area contributed by atoms with Crippen molar-refractivity contribution in [3.05, 3.63) is 58.1 Å². The third-order valence-corrected chi connectivity index (χ3v) is 4.40. The van der Waals surface area contributed by atoms with Crippen LogP contribution in [0.5, 0.6) is 11.5 Å². The minimum absolute atomic E-state index is 0.0356. The van der Waals surface area contributed by atoms with E-state index in [1.807, 2.05) is 0 Å². The second-order valence-corrected chi connectivity index (χ2v) is 7.02. The highest BCUT2D eigenvalue weighted by molar-refractivity contribution is 7.90. The normalized spacial score (nSPS) is 11.1. The molecule has 0 heterocycles. The van der Waals surface area contributed by atoms with Crippen molar-refractivity contribution in [2.24, 2.45) is 0 Å². The van der Waals surface area contributed by atoms with Crippen molar-refractivity contribution >= 4 is 21.3 Å². The number of rotatable bonds is 6. The van der Waals surface area contributed by atoms with Crippen molar-refractivity contribution in [2.75, 3.05) is 6.26 Å². The number of ether oxygens (including phenoxy) is 1. The van der Waals surface area contributed by atoms with Gasteiger partial charge in [-0.2, -0.15) is 0 Å². The summed E-state index contributed by atoms with van der Waals surface area (Å²) in [5, 5.41) is 11.3. The van der Waals surface area contributed by atoms with Crippen LogP contribution in [0.15, 0.2) is 47.4 Å². The molecule has 0 saturated heterocycles. The van der Waals surface area contributed by atoms with Crippen LogP contribution in [0.2, 0.25) is 0 Å². The number of ketones is 1. The minimum Gasteiger partial charge on any atom is -0.450 e. The number of para-hydroxylation sites is 1. The van der Waals surface area contributed by atoms with Crippen LogP contribution in [-0.4, -0.2) is 25.4 Å². The summed E-state index contributed by atoms with van der Waals surface area (Å²) in [6.07, 6.45) is 1.26. The van der Waals surface area contributed by atoms with Crippen molar-refractivity contribution < 1.29 is 22.9 Å². The Balaban J connectivity index is 2.43. The number of nitro benzene ring substituents is 1. The smallest absolute Gasteiger partial charge is 0.330 e. The quantitative estimate of drug-likeness (QED) is 0.450.